The summed E-state index contributed by atoms with van der Waals surface area (Å²) < 4.78 is 38.6. The summed E-state index contributed by atoms with van der Waals surface area (Å²) in [6, 6.07) is 9.07. The molecule has 2 heterocycles. The van der Waals surface area contributed by atoms with Crippen molar-refractivity contribution >= 4 is 28.6 Å². The molecular weight excluding hydrogens is 393 g/mol. The van der Waals surface area contributed by atoms with E-state index >= 15 is 0 Å². The summed E-state index contributed by atoms with van der Waals surface area (Å²) in [4.78, 5) is 20.7. The van der Waals surface area contributed by atoms with E-state index in [-0.39, 0.29) is 12.3 Å². The maximum Gasteiger partial charge on any atom is 0.416 e. The summed E-state index contributed by atoms with van der Waals surface area (Å²) >= 11 is 2.88. The molecule has 0 fully saturated rings. The SMILES string of the molecule is Cc1ccc(CN(C)C(=O)Cc2csc(-c3cccc(C(F)(F)F)c3)n2)s1. The number of halogens is 3. The average Bonchev–Trinajstić information content (AvgIpc) is 3.23. The lowest BCUT2D eigenvalue weighted by atomic mass is 10.1. The van der Waals surface area contributed by atoms with Gasteiger partial charge in [-0.25, -0.2) is 4.98 Å². The molecule has 142 valence electrons. The summed E-state index contributed by atoms with van der Waals surface area (Å²) in [6.07, 6.45) is -4.27. The van der Waals surface area contributed by atoms with E-state index in [2.05, 4.69) is 4.98 Å². The zero-order valence-corrected chi connectivity index (χ0v) is 16.3. The fourth-order valence-corrected chi connectivity index (χ4v) is 4.29. The molecule has 27 heavy (non-hydrogen) atoms. The van der Waals surface area contributed by atoms with Crippen LogP contribution in [-0.4, -0.2) is 22.8 Å². The van der Waals surface area contributed by atoms with Gasteiger partial charge in [-0.15, -0.1) is 22.7 Å². The van der Waals surface area contributed by atoms with Crippen LogP contribution >= 0.6 is 22.7 Å². The molecule has 0 atom stereocenters. The second-order valence-corrected chi connectivity index (χ2v) is 8.39. The van der Waals surface area contributed by atoms with E-state index in [1.54, 1.807) is 34.7 Å². The van der Waals surface area contributed by atoms with Gasteiger partial charge in [-0.3, -0.25) is 4.79 Å². The number of aryl methyl sites for hydroxylation is 1. The van der Waals surface area contributed by atoms with Gasteiger partial charge in [-0.2, -0.15) is 13.2 Å². The normalized spacial score (nSPS) is 11.6. The summed E-state index contributed by atoms with van der Waals surface area (Å²) in [5.41, 5.74) is 0.251. The fourth-order valence-electron chi connectivity index (χ4n) is 2.53. The summed E-state index contributed by atoms with van der Waals surface area (Å²) in [5.74, 6) is -0.0815. The number of nitrogens with zero attached hydrogens (tertiary/aromatic N) is 2. The van der Waals surface area contributed by atoms with Crippen molar-refractivity contribution in [2.24, 2.45) is 0 Å². The van der Waals surface area contributed by atoms with Gasteiger partial charge in [0.2, 0.25) is 5.91 Å². The molecule has 2 aromatic heterocycles. The molecule has 3 aromatic rings. The molecule has 1 amide bonds. The van der Waals surface area contributed by atoms with Gasteiger partial charge in [0.05, 0.1) is 24.2 Å². The Kier molecular flexibility index (Phi) is 5.67. The summed E-state index contributed by atoms with van der Waals surface area (Å²) in [7, 11) is 1.73. The number of alkyl halides is 3. The van der Waals surface area contributed by atoms with Crippen molar-refractivity contribution in [2.45, 2.75) is 26.1 Å². The molecule has 0 unspecified atom stereocenters. The Labute approximate surface area is 163 Å². The molecule has 0 saturated heterocycles. The Bertz CT molecular complexity index is 946. The van der Waals surface area contributed by atoms with Crippen LogP contribution in [0.4, 0.5) is 13.2 Å². The van der Waals surface area contributed by atoms with Crippen molar-refractivity contribution in [3.05, 3.63) is 62.8 Å². The van der Waals surface area contributed by atoms with Crippen molar-refractivity contribution in [3.8, 4) is 10.6 Å². The Hall–Kier alpha value is -2.19. The number of benzene rings is 1. The van der Waals surface area contributed by atoms with Gasteiger partial charge in [0.25, 0.3) is 0 Å². The quantitative estimate of drug-likeness (QED) is 0.564. The van der Waals surface area contributed by atoms with E-state index in [4.69, 9.17) is 0 Å². The average molecular weight is 410 g/mol. The van der Waals surface area contributed by atoms with Gasteiger partial charge in [-0.1, -0.05) is 12.1 Å². The highest BCUT2D eigenvalue weighted by Crippen LogP contribution is 2.33. The van der Waals surface area contributed by atoms with Gasteiger partial charge in [0.1, 0.15) is 5.01 Å². The lowest BCUT2D eigenvalue weighted by Crippen LogP contribution is -2.27. The predicted molar refractivity (Wildman–Crippen MR) is 102 cm³/mol. The van der Waals surface area contributed by atoms with Crippen LogP contribution in [0.25, 0.3) is 10.6 Å². The molecule has 0 aliphatic rings. The first-order chi connectivity index (χ1) is 12.7. The predicted octanol–water partition coefficient (Wildman–Crippen LogP) is 5.40. The van der Waals surface area contributed by atoms with E-state index in [1.165, 1.54) is 22.3 Å². The first-order valence-electron chi connectivity index (χ1n) is 8.13. The Morgan fingerprint density at radius 3 is 2.67 bits per heavy atom. The number of likely N-dealkylation sites (N-methyl/N-ethyl adjacent to an activating group) is 1. The van der Waals surface area contributed by atoms with E-state index in [1.807, 2.05) is 19.1 Å². The van der Waals surface area contributed by atoms with Crippen LogP contribution in [0.15, 0.2) is 41.8 Å². The third-order valence-electron chi connectivity index (χ3n) is 3.94. The van der Waals surface area contributed by atoms with Crippen molar-refractivity contribution in [3.63, 3.8) is 0 Å². The van der Waals surface area contributed by atoms with Crippen molar-refractivity contribution < 1.29 is 18.0 Å². The zero-order valence-electron chi connectivity index (χ0n) is 14.7. The van der Waals surface area contributed by atoms with E-state index < -0.39 is 11.7 Å². The Morgan fingerprint density at radius 1 is 1.22 bits per heavy atom. The molecular formula is C19H17F3N2OS2. The number of thiazole rings is 1. The first-order valence-corrected chi connectivity index (χ1v) is 9.83. The highest BCUT2D eigenvalue weighted by atomic mass is 32.1. The Morgan fingerprint density at radius 2 is 2.00 bits per heavy atom. The highest BCUT2D eigenvalue weighted by Gasteiger charge is 2.30. The highest BCUT2D eigenvalue weighted by molar-refractivity contribution is 7.13. The molecule has 0 radical (unpaired) electrons. The monoisotopic (exact) mass is 410 g/mol. The van der Waals surface area contributed by atoms with Gasteiger partial charge >= 0.3 is 6.18 Å². The Balaban J connectivity index is 1.68. The molecule has 0 saturated carbocycles. The number of amides is 1. The topological polar surface area (TPSA) is 33.2 Å². The molecule has 0 bridgehead atoms. The minimum atomic E-state index is -4.39. The number of hydrogen-bond acceptors (Lipinski definition) is 4. The lowest BCUT2D eigenvalue weighted by molar-refractivity contribution is -0.137. The van der Waals surface area contributed by atoms with Crippen molar-refractivity contribution in [1.82, 2.24) is 9.88 Å². The minimum Gasteiger partial charge on any atom is -0.340 e. The number of thiophene rings is 1. The smallest absolute Gasteiger partial charge is 0.340 e. The number of carbonyl (C=O) groups is 1. The summed E-state index contributed by atoms with van der Waals surface area (Å²) in [5, 5.41) is 2.19. The van der Waals surface area contributed by atoms with E-state index in [0.29, 0.717) is 22.8 Å². The van der Waals surface area contributed by atoms with Crippen molar-refractivity contribution in [1.29, 1.82) is 0 Å². The van der Waals surface area contributed by atoms with Crippen molar-refractivity contribution in [2.75, 3.05) is 7.05 Å². The maximum absolute atomic E-state index is 12.9. The van der Waals surface area contributed by atoms with Crippen LogP contribution in [0.3, 0.4) is 0 Å². The summed E-state index contributed by atoms with van der Waals surface area (Å²) in [6.45, 7) is 2.54. The van der Waals surface area contributed by atoms with Gasteiger partial charge < -0.3 is 4.90 Å². The van der Waals surface area contributed by atoms with E-state index in [9.17, 15) is 18.0 Å². The fraction of sp³-hybridized carbons (Fsp3) is 0.263. The lowest BCUT2D eigenvalue weighted by Gasteiger charge is -2.15. The first kappa shape index (κ1) is 19.6. The third kappa shape index (κ3) is 4.95. The standard InChI is InChI=1S/C19H17F3N2OS2/c1-12-6-7-16(27-12)10-24(2)17(25)9-15-11-26-18(23-15)13-4-3-5-14(8-13)19(20,21)22/h3-8,11H,9-10H2,1-2H3. The maximum atomic E-state index is 12.9. The molecule has 0 N–H and O–H groups in total. The van der Waals surface area contributed by atoms with Crippen LogP contribution in [0.1, 0.15) is 21.0 Å². The molecule has 3 rings (SSSR count). The molecule has 0 aliphatic carbocycles. The van der Waals surface area contributed by atoms with Gasteiger partial charge in [0, 0.05) is 27.7 Å². The molecule has 0 spiro atoms. The van der Waals surface area contributed by atoms with Crippen LogP contribution in [0.2, 0.25) is 0 Å². The molecule has 8 heteroatoms. The van der Waals surface area contributed by atoms with Crippen LogP contribution in [-0.2, 0) is 23.9 Å². The molecule has 3 nitrogen and oxygen atoms in total. The molecule has 1 aromatic carbocycles. The van der Waals surface area contributed by atoms with Crippen LogP contribution in [0.5, 0.6) is 0 Å². The zero-order chi connectivity index (χ0) is 19.6. The van der Waals surface area contributed by atoms with Crippen LogP contribution < -0.4 is 0 Å². The number of aromatic nitrogens is 1. The van der Waals surface area contributed by atoms with Gasteiger partial charge in [-0.05, 0) is 31.2 Å². The second kappa shape index (κ2) is 7.82. The van der Waals surface area contributed by atoms with E-state index in [0.717, 1.165) is 17.0 Å². The van der Waals surface area contributed by atoms with Gasteiger partial charge in [0.15, 0.2) is 0 Å². The van der Waals surface area contributed by atoms with Crippen LogP contribution in [0, 0.1) is 6.92 Å². The number of carbonyl (C=O) groups excluding carboxylic acids is 1. The molecule has 0 aliphatic heterocycles. The number of rotatable bonds is 5. The minimum absolute atomic E-state index is 0.0815. The second-order valence-electron chi connectivity index (χ2n) is 6.16. The largest absolute Gasteiger partial charge is 0.416 e. The third-order valence-corrected chi connectivity index (χ3v) is 5.86. The number of hydrogen-bond donors (Lipinski definition) is 0.